The monoisotopic (exact) mass is 258 g/mol. The van der Waals surface area contributed by atoms with E-state index in [1.807, 2.05) is 26.8 Å². The number of aromatic nitrogens is 3. The van der Waals surface area contributed by atoms with Gasteiger partial charge in [-0.15, -0.1) is 0 Å². The van der Waals surface area contributed by atoms with Crippen LogP contribution in [-0.4, -0.2) is 41.3 Å². The average molecular weight is 258 g/mol. The minimum absolute atomic E-state index is 0.753. The molecule has 5 heteroatoms. The third kappa shape index (κ3) is 2.26. The van der Waals surface area contributed by atoms with Gasteiger partial charge in [-0.05, 0) is 26.8 Å². The van der Waals surface area contributed by atoms with Crippen molar-refractivity contribution in [2.24, 2.45) is 0 Å². The molecule has 0 bridgehead atoms. The summed E-state index contributed by atoms with van der Waals surface area (Å²) in [6.45, 7) is 9.22. The average Bonchev–Trinajstić information content (AvgIpc) is 2.38. The molecule has 0 atom stereocenters. The van der Waals surface area contributed by atoms with Crippen molar-refractivity contribution in [1.82, 2.24) is 15.0 Å². The Morgan fingerprint density at radius 3 is 2.53 bits per heavy atom. The van der Waals surface area contributed by atoms with Crippen molar-refractivity contribution in [3.05, 3.63) is 23.3 Å². The summed E-state index contributed by atoms with van der Waals surface area (Å²) < 4.78 is 5.41. The van der Waals surface area contributed by atoms with Crippen LogP contribution in [0.15, 0.2) is 6.07 Å². The van der Waals surface area contributed by atoms with Crippen LogP contribution in [0, 0.1) is 20.8 Å². The van der Waals surface area contributed by atoms with Gasteiger partial charge in [0.1, 0.15) is 11.6 Å². The van der Waals surface area contributed by atoms with Gasteiger partial charge in [-0.3, -0.25) is 4.98 Å². The zero-order chi connectivity index (χ0) is 13.4. The highest BCUT2D eigenvalue weighted by atomic mass is 16.5. The molecule has 0 N–H and O–H groups in total. The summed E-state index contributed by atoms with van der Waals surface area (Å²) in [7, 11) is 0. The van der Waals surface area contributed by atoms with Crippen molar-refractivity contribution in [3.63, 3.8) is 0 Å². The van der Waals surface area contributed by atoms with Crippen molar-refractivity contribution in [3.8, 4) is 0 Å². The molecule has 0 amide bonds. The Hall–Kier alpha value is -1.75. The van der Waals surface area contributed by atoms with Crippen molar-refractivity contribution in [1.29, 1.82) is 0 Å². The van der Waals surface area contributed by atoms with Gasteiger partial charge in [0.25, 0.3) is 0 Å². The molecule has 19 heavy (non-hydrogen) atoms. The fourth-order valence-electron chi connectivity index (χ4n) is 2.59. The highest BCUT2D eigenvalue weighted by molar-refractivity contribution is 5.91. The number of ether oxygens (including phenoxy) is 1. The summed E-state index contributed by atoms with van der Waals surface area (Å²) in [5.74, 6) is 1.80. The molecule has 1 aliphatic heterocycles. The molecule has 1 fully saturated rings. The van der Waals surface area contributed by atoms with Crippen LogP contribution >= 0.6 is 0 Å². The lowest BCUT2D eigenvalue weighted by molar-refractivity contribution is 0.122. The maximum Gasteiger partial charge on any atom is 0.142 e. The Balaban J connectivity index is 2.22. The van der Waals surface area contributed by atoms with Crippen LogP contribution < -0.4 is 4.90 Å². The normalized spacial score (nSPS) is 16.1. The predicted molar refractivity (Wildman–Crippen MR) is 74.6 cm³/mol. The van der Waals surface area contributed by atoms with Gasteiger partial charge in [0.15, 0.2) is 0 Å². The van der Waals surface area contributed by atoms with E-state index in [0.717, 1.165) is 60.2 Å². The Bertz CT molecular complexity index is 615. The fourth-order valence-corrected chi connectivity index (χ4v) is 2.59. The van der Waals surface area contributed by atoms with E-state index in [0.29, 0.717) is 0 Å². The van der Waals surface area contributed by atoms with Crippen LogP contribution in [0.3, 0.4) is 0 Å². The van der Waals surface area contributed by atoms with E-state index in [1.54, 1.807) is 0 Å². The van der Waals surface area contributed by atoms with E-state index in [9.17, 15) is 0 Å². The number of pyridine rings is 1. The van der Waals surface area contributed by atoms with E-state index in [1.165, 1.54) is 0 Å². The summed E-state index contributed by atoms with van der Waals surface area (Å²) in [6.07, 6.45) is 0. The third-order valence-electron chi connectivity index (χ3n) is 3.39. The number of morpholine rings is 1. The summed E-state index contributed by atoms with van der Waals surface area (Å²) in [4.78, 5) is 16.0. The molecule has 2 aromatic heterocycles. The minimum atomic E-state index is 0.753. The molecule has 1 aliphatic rings. The fraction of sp³-hybridized carbons (Fsp3) is 0.500. The Morgan fingerprint density at radius 2 is 1.79 bits per heavy atom. The van der Waals surface area contributed by atoms with Crippen LogP contribution in [0.25, 0.3) is 10.9 Å². The van der Waals surface area contributed by atoms with Gasteiger partial charge >= 0.3 is 0 Å². The molecule has 0 saturated carbocycles. The van der Waals surface area contributed by atoms with E-state index in [2.05, 4.69) is 19.9 Å². The van der Waals surface area contributed by atoms with E-state index in [-0.39, 0.29) is 0 Å². The number of rotatable bonds is 1. The van der Waals surface area contributed by atoms with Gasteiger partial charge in [-0.2, -0.15) is 0 Å². The summed E-state index contributed by atoms with van der Waals surface area (Å²) in [6, 6.07) is 2.03. The first kappa shape index (κ1) is 12.3. The third-order valence-corrected chi connectivity index (χ3v) is 3.39. The van der Waals surface area contributed by atoms with Crippen LogP contribution in [0.4, 0.5) is 5.82 Å². The Kier molecular flexibility index (Phi) is 3.06. The quantitative estimate of drug-likeness (QED) is 0.780. The van der Waals surface area contributed by atoms with E-state index in [4.69, 9.17) is 4.74 Å². The molecular formula is C14H18N4O. The van der Waals surface area contributed by atoms with Gasteiger partial charge in [0, 0.05) is 18.8 Å². The zero-order valence-corrected chi connectivity index (χ0v) is 11.6. The van der Waals surface area contributed by atoms with Gasteiger partial charge < -0.3 is 9.64 Å². The van der Waals surface area contributed by atoms with Crippen molar-refractivity contribution in [2.45, 2.75) is 20.8 Å². The lowest BCUT2D eigenvalue weighted by Gasteiger charge is -2.29. The lowest BCUT2D eigenvalue weighted by Crippen LogP contribution is -2.37. The molecule has 0 radical (unpaired) electrons. The summed E-state index contributed by atoms with van der Waals surface area (Å²) in [5.41, 5.74) is 2.98. The molecule has 3 heterocycles. The van der Waals surface area contributed by atoms with Crippen molar-refractivity contribution < 1.29 is 4.74 Å². The molecular weight excluding hydrogens is 240 g/mol. The second-order valence-electron chi connectivity index (χ2n) is 4.94. The topological polar surface area (TPSA) is 51.1 Å². The van der Waals surface area contributed by atoms with Crippen LogP contribution in [0.1, 0.15) is 17.2 Å². The first-order chi connectivity index (χ1) is 9.15. The van der Waals surface area contributed by atoms with Gasteiger partial charge in [-0.1, -0.05) is 0 Å². The van der Waals surface area contributed by atoms with Crippen LogP contribution in [0.5, 0.6) is 0 Å². The second kappa shape index (κ2) is 4.74. The molecule has 1 saturated heterocycles. The Labute approximate surface area is 112 Å². The Morgan fingerprint density at radius 1 is 1.05 bits per heavy atom. The number of aryl methyl sites for hydroxylation is 3. The maximum absolute atomic E-state index is 5.41. The van der Waals surface area contributed by atoms with Crippen LogP contribution in [0.2, 0.25) is 0 Å². The smallest absolute Gasteiger partial charge is 0.142 e. The highest BCUT2D eigenvalue weighted by Gasteiger charge is 2.18. The second-order valence-corrected chi connectivity index (χ2v) is 4.94. The SMILES string of the molecule is Cc1cc2nc(C)nc(N3CCOCC3)c2c(C)n1. The molecule has 100 valence electrons. The molecule has 5 nitrogen and oxygen atoms in total. The zero-order valence-electron chi connectivity index (χ0n) is 11.6. The number of nitrogens with zero attached hydrogens (tertiary/aromatic N) is 4. The number of hydrogen-bond donors (Lipinski definition) is 0. The first-order valence-electron chi connectivity index (χ1n) is 6.60. The standard InChI is InChI=1S/C14H18N4O/c1-9-8-12-13(10(2)15-9)14(17-11(3)16-12)18-4-6-19-7-5-18/h8H,4-7H2,1-3H3. The van der Waals surface area contributed by atoms with Gasteiger partial charge in [-0.25, -0.2) is 9.97 Å². The molecule has 2 aromatic rings. The number of fused-ring (bicyclic) bond motifs is 1. The maximum atomic E-state index is 5.41. The lowest BCUT2D eigenvalue weighted by atomic mass is 10.2. The molecule has 0 unspecified atom stereocenters. The predicted octanol–water partition coefficient (Wildman–Crippen LogP) is 1.79. The van der Waals surface area contributed by atoms with Gasteiger partial charge in [0.05, 0.1) is 29.8 Å². The number of anilines is 1. The molecule has 3 rings (SSSR count). The largest absolute Gasteiger partial charge is 0.378 e. The molecule has 0 aliphatic carbocycles. The van der Waals surface area contributed by atoms with Crippen LogP contribution in [-0.2, 0) is 4.74 Å². The molecule has 0 aromatic carbocycles. The van der Waals surface area contributed by atoms with E-state index < -0.39 is 0 Å². The minimum Gasteiger partial charge on any atom is -0.378 e. The summed E-state index contributed by atoms with van der Waals surface area (Å²) >= 11 is 0. The van der Waals surface area contributed by atoms with Crippen molar-refractivity contribution in [2.75, 3.05) is 31.2 Å². The van der Waals surface area contributed by atoms with Crippen molar-refractivity contribution >= 4 is 16.7 Å². The number of hydrogen-bond acceptors (Lipinski definition) is 5. The summed E-state index contributed by atoms with van der Waals surface area (Å²) in [5, 5.41) is 1.07. The van der Waals surface area contributed by atoms with Gasteiger partial charge in [0.2, 0.25) is 0 Å². The molecule has 0 spiro atoms. The highest BCUT2D eigenvalue weighted by Crippen LogP contribution is 2.27. The van der Waals surface area contributed by atoms with E-state index >= 15 is 0 Å². The first-order valence-corrected chi connectivity index (χ1v) is 6.60.